The third-order valence-electron chi connectivity index (χ3n) is 7.99. The molecule has 216 valence electrons. The normalized spacial score (nSPS) is 26.7. The Labute approximate surface area is 232 Å². The molecule has 1 amide bonds. The van der Waals surface area contributed by atoms with Gasteiger partial charge < -0.3 is 31.0 Å². The molecule has 0 radical (unpaired) electrons. The summed E-state index contributed by atoms with van der Waals surface area (Å²) in [6.07, 6.45) is 0.273. The summed E-state index contributed by atoms with van der Waals surface area (Å²) in [6, 6.07) is 2.10. The van der Waals surface area contributed by atoms with Gasteiger partial charge in [0.1, 0.15) is 29.4 Å². The Bertz CT molecular complexity index is 1360. The van der Waals surface area contributed by atoms with Gasteiger partial charge >= 0.3 is 0 Å². The maximum Gasteiger partial charge on any atom is 0.255 e. The van der Waals surface area contributed by atoms with Gasteiger partial charge in [0.25, 0.3) is 5.91 Å². The minimum atomic E-state index is -2.66. The number of hydrogen-bond acceptors (Lipinski definition) is 11. The van der Waals surface area contributed by atoms with Crippen LogP contribution in [0, 0.1) is 11.8 Å². The van der Waals surface area contributed by atoms with Gasteiger partial charge in [0.2, 0.25) is 5.78 Å². The number of carbonyl (C=O) groups excluding carboxylic acids is 3. The van der Waals surface area contributed by atoms with E-state index in [1.165, 1.54) is 11.0 Å². The van der Waals surface area contributed by atoms with E-state index in [0.717, 1.165) is 11.3 Å². The van der Waals surface area contributed by atoms with E-state index in [0.29, 0.717) is 25.3 Å². The number of amides is 1. The summed E-state index contributed by atoms with van der Waals surface area (Å²) in [4.78, 5) is 47.9. The van der Waals surface area contributed by atoms with Crippen molar-refractivity contribution in [1.82, 2.24) is 9.80 Å². The fraction of sp³-hybridized carbons (Fsp3) is 0.500. The number of rotatable bonds is 8. The number of allylic oxidation sites excluding steroid dienone is 1. The monoisotopic (exact) mass is 556 g/mol. The Morgan fingerprint density at radius 2 is 1.88 bits per heavy atom. The Morgan fingerprint density at radius 1 is 1.20 bits per heavy atom. The summed E-state index contributed by atoms with van der Waals surface area (Å²) in [7, 11) is 5.07. The molecule has 1 aromatic carbocycles. The predicted molar refractivity (Wildman–Crippen MR) is 145 cm³/mol. The molecule has 0 unspecified atom stereocenters. The van der Waals surface area contributed by atoms with Crippen molar-refractivity contribution in [3.05, 3.63) is 51.5 Å². The van der Waals surface area contributed by atoms with Crippen LogP contribution in [-0.2, 0) is 27.4 Å². The molecule has 3 aliphatic carbocycles. The van der Waals surface area contributed by atoms with E-state index in [1.54, 1.807) is 20.2 Å². The molecule has 0 spiro atoms. The molecular weight excluding hydrogens is 520 g/mol. The minimum absolute atomic E-state index is 0.00797. The zero-order valence-corrected chi connectivity index (χ0v) is 23.3. The van der Waals surface area contributed by atoms with Crippen LogP contribution in [0.1, 0.15) is 41.8 Å². The zero-order chi connectivity index (χ0) is 29.7. The highest BCUT2D eigenvalue weighted by Gasteiger charge is 2.63. The van der Waals surface area contributed by atoms with Gasteiger partial charge in [0.15, 0.2) is 11.4 Å². The Balaban J connectivity index is 1.80. The number of nitrogens with zero attached hydrogens (tertiary/aromatic N) is 3. The summed E-state index contributed by atoms with van der Waals surface area (Å²) in [6.45, 7) is 5.04. The number of ketones is 2. The molecule has 0 heterocycles. The van der Waals surface area contributed by atoms with Crippen LogP contribution in [-0.4, -0.2) is 99.3 Å². The quantitative estimate of drug-likeness (QED) is 0.175. The molecule has 12 nitrogen and oxygen atoms in total. The first kappa shape index (κ1) is 29.2. The molecule has 0 aromatic heterocycles. The van der Waals surface area contributed by atoms with Crippen LogP contribution in [0.5, 0.6) is 5.75 Å². The average Bonchev–Trinajstić information content (AvgIpc) is 2.86. The molecule has 0 saturated carbocycles. The summed E-state index contributed by atoms with van der Waals surface area (Å²) < 4.78 is 0. The Kier molecular flexibility index (Phi) is 7.81. The lowest BCUT2D eigenvalue weighted by atomic mass is 9.58. The second-order valence-corrected chi connectivity index (χ2v) is 11.0. The van der Waals surface area contributed by atoms with Crippen LogP contribution in [0.15, 0.2) is 40.0 Å². The van der Waals surface area contributed by atoms with Gasteiger partial charge in [-0.1, -0.05) is 11.2 Å². The SMILES string of the molecule is CCO/N=C(\C)CN(C)Cc1ccc(O)c2c1C[C@H]1C[C@H]3[C@H](N(C)C)C(O)=C(C(N)=O)C(=O)[C@@]3(O)C(O)=C1C2=O. The highest BCUT2D eigenvalue weighted by molar-refractivity contribution is 6.24. The molecule has 40 heavy (non-hydrogen) atoms. The molecule has 4 rings (SSSR count). The van der Waals surface area contributed by atoms with Crippen molar-refractivity contribution in [3.8, 4) is 5.75 Å². The lowest BCUT2D eigenvalue weighted by Gasteiger charge is -2.50. The summed E-state index contributed by atoms with van der Waals surface area (Å²) in [5.41, 5.74) is 3.84. The Morgan fingerprint density at radius 3 is 2.48 bits per heavy atom. The van der Waals surface area contributed by atoms with Crippen LogP contribution in [0.3, 0.4) is 0 Å². The number of fused-ring (bicyclic) bond motifs is 3. The summed E-state index contributed by atoms with van der Waals surface area (Å²) in [5.74, 6) is -6.68. The van der Waals surface area contributed by atoms with E-state index in [-0.39, 0.29) is 29.7 Å². The van der Waals surface area contributed by atoms with E-state index in [9.17, 15) is 34.8 Å². The first-order valence-electron chi connectivity index (χ1n) is 13.1. The van der Waals surface area contributed by atoms with Crippen LogP contribution in [0.25, 0.3) is 0 Å². The molecule has 0 saturated heterocycles. The van der Waals surface area contributed by atoms with Crippen molar-refractivity contribution in [2.24, 2.45) is 22.7 Å². The number of aromatic hydroxyl groups is 1. The molecule has 4 atom stereocenters. The number of primary amides is 1. The number of aliphatic hydroxyl groups excluding tert-OH is 2. The van der Waals surface area contributed by atoms with Crippen LogP contribution in [0.2, 0.25) is 0 Å². The third-order valence-corrected chi connectivity index (χ3v) is 7.99. The fourth-order valence-corrected chi connectivity index (χ4v) is 6.40. The van der Waals surface area contributed by atoms with E-state index >= 15 is 0 Å². The molecule has 0 bridgehead atoms. The van der Waals surface area contributed by atoms with Gasteiger partial charge in [-0.2, -0.15) is 0 Å². The number of phenols is 1. The standard InChI is InChI=1S/C28H36N4O8/c1-6-40-30-13(2)11-32(5)12-14-7-8-18(33)20-16(14)9-15-10-17-22(31(3)4)24(35)21(27(29)38)26(37)28(17,39)25(36)19(15)23(20)34/h7-8,15,17,22,33,35-36,39H,6,9-12H2,1-5H3,(H2,29,38)/b30-13+/t15-,17-,22-,28-/m0/s1. The summed E-state index contributed by atoms with van der Waals surface area (Å²) in [5, 5.41) is 48.7. The van der Waals surface area contributed by atoms with Gasteiger partial charge in [0, 0.05) is 24.6 Å². The molecule has 1 aromatic rings. The average molecular weight is 557 g/mol. The molecule has 3 aliphatic rings. The number of Topliss-reactive ketones (excluding diaryl/α,β-unsaturated/α-hetero) is 2. The van der Waals surface area contributed by atoms with Crippen molar-refractivity contribution in [1.29, 1.82) is 0 Å². The molecule has 6 N–H and O–H groups in total. The minimum Gasteiger partial charge on any atom is -0.510 e. The van der Waals surface area contributed by atoms with E-state index in [4.69, 9.17) is 10.6 Å². The maximum atomic E-state index is 13.8. The number of aliphatic hydroxyl groups is 3. The van der Waals surface area contributed by atoms with Gasteiger partial charge in [-0.25, -0.2) is 0 Å². The fourth-order valence-electron chi connectivity index (χ4n) is 6.40. The zero-order valence-electron chi connectivity index (χ0n) is 23.3. The number of likely N-dealkylation sites (N-methyl/N-ethyl adjacent to an activating group) is 1. The van der Waals surface area contributed by atoms with E-state index in [2.05, 4.69) is 5.16 Å². The van der Waals surface area contributed by atoms with Gasteiger partial charge in [-0.05, 0) is 70.9 Å². The summed E-state index contributed by atoms with van der Waals surface area (Å²) >= 11 is 0. The third kappa shape index (κ3) is 4.55. The number of hydrogen-bond donors (Lipinski definition) is 5. The van der Waals surface area contributed by atoms with Gasteiger partial charge in [0.05, 0.1) is 17.3 Å². The lowest BCUT2D eigenvalue weighted by Crippen LogP contribution is -2.63. The topological polar surface area (TPSA) is 186 Å². The molecule has 12 heteroatoms. The largest absolute Gasteiger partial charge is 0.510 e. The number of nitrogens with two attached hydrogens (primary N) is 1. The molecule has 0 aliphatic heterocycles. The van der Waals surface area contributed by atoms with Crippen molar-refractivity contribution < 1.29 is 39.6 Å². The van der Waals surface area contributed by atoms with Crippen LogP contribution < -0.4 is 5.73 Å². The Hall–Kier alpha value is -3.74. The van der Waals surface area contributed by atoms with Gasteiger partial charge in [-0.3, -0.25) is 24.2 Å². The lowest BCUT2D eigenvalue weighted by molar-refractivity contribution is -0.148. The van der Waals surface area contributed by atoms with Crippen molar-refractivity contribution >= 4 is 23.2 Å². The van der Waals surface area contributed by atoms with E-state index < -0.39 is 58.0 Å². The number of benzene rings is 1. The predicted octanol–water partition coefficient (Wildman–Crippen LogP) is 0.965. The number of phenolic OH excluding ortho intramolecular Hbond substituents is 1. The highest BCUT2D eigenvalue weighted by atomic mass is 16.6. The second-order valence-electron chi connectivity index (χ2n) is 11.0. The smallest absolute Gasteiger partial charge is 0.255 e. The van der Waals surface area contributed by atoms with Crippen LogP contribution >= 0.6 is 0 Å². The van der Waals surface area contributed by atoms with Crippen molar-refractivity contribution in [2.75, 3.05) is 34.3 Å². The van der Waals surface area contributed by atoms with Crippen LogP contribution in [0.4, 0.5) is 0 Å². The first-order chi connectivity index (χ1) is 18.7. The molecular formula is C28H36N4O8. The van der Waals surface area contributed by atoms with Gasteiger partial charge in [-0.15, -0.1) is 0 Å². The highest BCUT2D eigenvalue weighted by Crippen LogP contribution is 2.52. The number of oxime groups is 1. The maximum absolute atomic E-state index is 13.8. The molecule has 0 fully saturated rings. The van der Waals surface area contributed by atoms with Crippen molar-refractivity contribution in [2.45, 2.75) is 44.9 Å². The first-order valence-corrected chi connectivity index (χ1v) is 13.1. The number of carbonyl (C=O) groups is 3. The van der Waals surface area contributed by atoms with E-state index in [1.807, 2.05) is 25.8 Å². The second kappa shape index (κ2) is 10.7. The van der Waals surface area contributed by atoms with Crippen molar-refractivity contribution in [3.63, 3.8) is 0 Å².